The molecular formula is C18H26O5Si. The maximum atomic E-state index is 12.6. The Balaban J connectivity index is 2.86. The van der Waals surface area contributed by atoms with Gasteiger partial charge in [-0.05, 0) is 31.0 Å². The number of carbonyl (C=O) groups is 2. The number of aldehydes is 1. The highest BCUT2D eigenvalue weighted by molar-refractivity contribution is 6.48. The van der Waals surface area contributed by atoms with Crippen molar-refractivity contribution in [2.24, 2.45) is 0 Å². The Kier molecular flexibility index (Phi) is 5.20. The van der Waals surface area contributed by atoms with Gasteiger partial charge in [0, 0.05) is 23.1 Å². The Morgan fingerprint density at radius 2 is 1.92 bits per heavy atom. The highest BCUT2D eigenvalue weighted by Gasteiger charge is 2.41. The zero-order valence-electron chi connectivity index (χ0n) is 15.5. The largest absolute Gasteiger partial charge is 0.496 e. The predicted molar refractivity (Wildman–Crippen MR) is 94.3 cm³/mol. The molecule has 0 aliphatic carbocycles. The first kappa shape index (κ1) is 18.7. The molecule has 0 saturated heterocycles. The van der Waals surface area contributed by atoms with Gasteiger partial charge in [-0.1, -0.05) is 20.8 Å². The molecular weight excluding hydrogens is 324 g/mol. The number of ether oxygens (including phenoxy) is 2. The van der Waals surface area contributed by atoms with Crippen molar-refractivity contribution >= 4 is 21.3 Å². The van der Waals surface area contributed by atoms with Gasteiger partial charge in [-0.2, -0.15) is 0 Å². The molecule has 1 atom stereocenters. The summed E-state index contributed by atoms with van der Waals surface area (Å²) >= 11 is 0. The van der Waals surface area contributed by atoms with Gasteiger partial charge in [-0.15, -0.1) is 0 Å². The molecule has 1 unspecified atom stereocenters. The number of esters is 1. The second kappa shape index (κ2) is 6.68. The average molecular weight is 350 g/mol. The summed E-state index contributed by atoms with van der Waals surface area (Å²) in [6.45, 7) is 12.0. The number of cyclic esters (lactones) is 1. The number of benzene rings is 1. The van der Waals surface area contributed by atoms with E-state index in [1.54, 1.807) is 7.11 Å². The van der Waals surface area contributed by atoms with Crippen LogP contribution in [0.25, 0.3) is 0 Å². The number of hydrogen-bond acceptors (Lipinski definition) is 5. The van der Waals surface area contributed by atoms with Crippen molar-refractivity contribution < 1.29 is 23.5 Å². The minimum Gasteiger partial charge on any atom is -0.496 e. The first-order chi connectivity index (χ1) is 11.1. The van der Waals surface area contributed by atoms with Crippen LogP contribution in [-0.2, 0) is 25.8 Å². The molecule has 24 heavy (non-hydrogen) atoms. The van der Waals surface area contributed by atoms with E-state index in [9.17, 15) is 9.59 Å². The van der Waals surface area contributed by atoms with Gasteiger partial charge in [0.15, 0.2) is 9.04 Å². The molecule has 1 heterocycles. The first-order valence-corrected chi connectivity index (χ1v) is 10.9. The molecule has 0 aromatic heterocycles. The molecule has 1 aromatic carbocycles. The number of hydrogen-bond donors (Lipinski definition) is 0. The molecule has 1 aliphatic heterocycles. The van der Waals surface area contributed by atoms with Crippen LogP contribution >= 0.6 is 0 Å². The fraction of sp³-hybridized carbons (Fsp3) is 0.556. The van der Waals surface area contributed by atoms with E-state index in [0.717, 1.165) is 28.5 Å². The molecule has 1 aliphatic rings. The maximum absolute atomic E-state index is 12.6. The summed E-state index contributed by atoms with van der Waals surface area (Å²) in [5, 5.41) is 0. The van der Waals surface area contributed by atoms with Gasteiger partial charge in [-0.3, -0.25) is 0 Å². The summed E-state index contributed by atoms with van der Waals surface area (Å²) in [5.74, 6) is 0.260. The summed E-state index contributed by atoms with van der Waals surface area (Å²) in [5.41, 5.74) is 3.33. The van der Waals surface area contributed by atoms with Gasteiger partial charge in [0.05, 0.1) is 12.7 Å². The third-order valence-electron chi connectivity index (χ3n) is 4.13. The summed E-state index contributed by atoms with van der Waals surface area (Å²) < 4.78 is 17.1. The van der Waals surface area contributed by atoms with Crippen LogP contribution in [0.5, 0.6) is 5.75 Å². The SMILES string of the molecule is COc1c(C)c2c(c(C(C)(C)C)c1CC=O)C(=O)OC2O[SiH](C)C. The lowest BCUT2D eigenvalue weighted by molar-refractivity contribution is -0.107. The molecule has 0 fully saturated rings. The zero-order chi connectivity index (χ0) is 18.2. The quantitative estimate of drug-likeness (QED) is 0.463. The summed E-state index contributed by atoms with van der Waals surface area (Å²) in [7, 11) is 0.171. The molecule has 0 radical (unpaired) electrons. The van der Waals surface area contributed by atoms with Gasteiger partial charge in [0.1, 0.15) is 12.0 Å². The molecule has 132 valence electrons. The van der Waals surface area contributed by atoms with Gasteiger partial charge in [0.2, 0.25) is 6.29 Å². The third kappa shape index (κ3) is 3.12. The van der Waals surface area contributed by atoms with Crippen molar-refractivity contribution in [3.63, 3.8) is 0 Å². The van der Waals surface area contributed by atoms with E-state index in [-0.39, 0.29) is 17.8 Å². The molecule has 0 amide bonds. The lowest BCUT2D eigenvalue weighted by atomic mass is 9.77. The van der Waals surface area contributed by atoms with Gasteiger partial charge >= 0.3 is 5.97 Å². The number of carbonyl (C=O) groups excluding carboxylic acids is 2. The topological polar surface area (TPSA) is 61.8 Å². The molecule has 0 bridgehead atoms. The van der Waals surface area contributed by atoms with Crippen LogP contribution in [0.1, 0.15) is 59.7 Å². The van der Waals surface area contributed by atoms with Crippen molar-refractivity contribution in [1.82, 2.24) is 0 Å². The Hall–Kier alpha value is -1.66. The molecule has 0 spiro atoms. The summed E-state index contributed by atoms with van der Waals surface area (Å²) in [6.07, 6.45) is 0.356. The monoisotopic (exact) mass is 350 g/mol. The van der Waals surface area contributed by atoms with Crippen molar-refractivity contribution in [3.05, 3.63) is 27.8 Å². The van der Waals surface area contributed by atoms with Crippen LogP contribution < -0.4 is 4.74 Å². The fourth-order valence-corrected chi connectivity index (χ4v) is 4.07. The van der Waals surface area contributed by atoms with Crippen molar-refractivity contribution in [2.45, 2.75) is 58.9 Å². The van der Waals surface area contributed by atoms with Crippen LogP contribution in [0, 0.1) is 6.92 Å². The highest BCUT2D eigenvalue weighted by Crippen LogP contribution is 2.46. The van der Waals surface area contributed by atoms with E-state index in [1.165, 1.54) is 0 Å². The molecule has 0 saturated carbocycles. The molecule has 2 rings (SSSR count). The van der Waals surface area contributed by atoms with Crippen LogP contribution in [-0.4, -0.2) is 28.4 Å². The standard InChI is InChI=1S/C18H26O5Si/c1-10-12-13(16(20)22-17(12)23-24(6)7)14(18(2,3)4)11(8-9-19)15(10)21-5/h9,17,24H,8H2,1-7H3. The van der Waals surface area contributed by atoms with Crippen LogP contribution in [0.3, 0.4) is 0 Å². The lowest BCUT2D eigenvalue weighted by Gasteiger charge is -2.28. The zero-order valence-corrected chi connectivity index (χ0v) is 16.6. The van der Waals surface area contributed by atoms with E-state index in [2.05, 4.69) is 0 Å². The van der Waals surface area contributed by atoms with Gasteiger partial charge in [0.25, 0.3) is 0 Å². The van der Waals surface area contributed by atoms with Crippen molar-refractivity contribution in [3.8, 4) is 5.75 Å². The Morgan fingerprint density at radius 3 is 2.38 bits per heavy atom. The normalized spacial score (nSPS) is 17.0. The van der Waals surface area contributed by atoms with Crippen molar-refractivity contribution in [1.29, 1.82) is 0 Å². The maximum Gasteiger partial charge on any atom is 0.341 e. The predicted octanol–water partition coefficient (Wildman–Crippen LogP) is 3.21. The van der Waals surface area contributed by atoms with Crippen LogP contribution in [0.2, 0.25) is 13.1 Å². The number of fused-ring (bicyclic) bond motifs is 1. The average Bonchev–Trinajstić information content (AvgIpc) is 2.74. The fourth-order valence-electron chi connectivity index (χ4n) is 3.38. The number of rotatable bonds is 5. The second-order valence-electron chi connectivity index (χ2n) is 7.34. The minimum atomic E-state index is -1.41. The van der Waals surface area contributed by atoms with E-state index >= 15 is 0 Å². The number of methoxy groups -OCH3 is 1. The molecule has 5 nitrogen and oxygen atoms in total. The third-order valence-corrected chi connectivity index (χ3v) is 4.92. The summed E-state index contributed by atoms with van der Waals surface area (Å²) in [6, 6.07) is 0. The van der Waals surface area contributed by atoms with E-state index in [1.807, 2.05) is 40.8 Å². The van der Waals surface area contributed by atoms with E-state index in [4.69, 9.17) is 13.9 Å². The van der Waals surface area contributed by atoms with E-state index in [0.29, 0.717) is 11.3 Å². The lowest BCUT2D eigenvalue weighted by Crippen LogP contribution is -2.21. The minimum absolute atomic E-state index is 0.196. The van der Waals surface area contributed by atoms with Gasteiger partial charge < -0.3 is 18.7 Å². The Labute approximate surface area is 145 Å². The summed E-state index contributed by atoms with van der Waals surface area (Å²) in [4.78, 5) is 23.9. The van der Waals surface area contributed by atoms with Crippen molar-refractivity contribution in [2.75, 3.05) is 7.11 Å². The second-order valence-corrected chi connectivity index (χ2v) is 9.71. The molecule has 1 aromatic rings. The highest BCUT2D eigenvalue weighted by atomic mass is 28.3. The van der Waals surface area contributed by atoms with E-state index < -0.39 is 15.3 Å². The Morgan fingerprint density at radius 1 is 1.29 bits per heavy atom. The molecule has 0 N–H and O–H groups in total. The van der Waals surface area contributed by atoms with Crippen LogP contribution in [0.15, 0.2) is 0 Å². The van der Waals surface area contributed by atoms with Gasteiger partial charge in [-0.25, -0.2) is 4.79 Å². The van der Waals surface area contributed by atoms with Crippen LogP contribution in [0.4, 0.5) is 0 Å². The Bertz CT molecular complexity index is 673. The first-order valence-electron chi connectivity index (χ1n) is 8.17. The molecule has 6 heteroatoms. The smallest absolute Gasteiger partial charge is 0.341 e.